The van der Waals surface area contributed by atoms with E-state index in [9.17, 15) is 0 Å². The zero-order chi connectivity index (χ0) is 14.4. The number of hydrogen-bond donors (Lipinski definition) is 1. The Morgan fingerprint density at radius 3 is 2.40 bits per heavy atom. The number of rotatable bonds is 6. The van der Waals surface area contributed by atoms with Crippen LogP contribution in [0.2, 0.25) is 0 Å². The van der Waals surface area contributed by atoms with Crippen molar-refractivity contribution < 1.29 is 4.74 Å². The van der Waals surface area contributed by atoms with E-state index in [0.717, 1.165) is 19.8 Å². The Morgan fingerprint density at radius 1 is 1.15 bits per heavy atom. The molecule has 0 amide bonds. The van der Waals surface area contributed by atoms with Gasteiger partial charge in [-0.25, -0.2) is 0 Å². The van der Waals surface area contributed by atoms with Gasteiger partial charge in [0.05, 0.1) is 0 Å². The second-order valence-corrected chi connectivity index (χ2v) is 6.90. The minimum atomic E-state index is 0.391. The molecule has 0 radical (unpaired) electrons. The summed E-state index contributed by atoms with van der Waals surface area (Å²) in [7, 11) is 0. The Balaban J connectivity index is 1.97. The van der Waals surface area contributed by atoms with Gasteiger partial charge in [-0.1, -0.05) is 51.1 Å². The maximum Gasteiger partial charge on any atom is 0.0471 e. The first-order valence-electron chi connectivity index (χ1n) is 7.95. The molecule has 0 spiro atoms. The van der Waals surface area contributed by atoms with Gasteiger partial charge < -0.3 is 10.1 Å². The van der Waals surface area contributed by atoms with Gasteiger partial charge in [0, 0.05) is 25.8 Å². The summed E-state index contributed by atoms with van der Waals surface area (Å²) in [5.41, 5.74) is 1.80. The quantitative estimate of drug-likeness (QED) is 0.841. The van der Waals surface area contributed by atoms with Gasteiger partial charge in [0.25, 0.3) is 0 Å². The third-order valence-corrected chi connectivity index (χ3v) is 4.38. The zero-order valence-corrected chi connectivity index (χ0v) is 13.2. The number of nitrogens with one attached hydrogen (secondary N) is 1. The van der Waals surface area contributed by atoms with Gasteiger partial charge in [-0.05, 0) is 36.2 Å². The lowest BCUT2D eigenvalue weighted by molar-refractivity contribution is 0.0225. The van der Waals surface area contributed by atoms with E-state index < -0.39 is 0 Å². The van der Waals surface area contributed by atoms with Crippen LogP contribution in [0.3, 0.4) is 0 Å². The highest BCUT2D eigenvalue weighted by Crippen LogP contribution is 2.30. The van der Waals surface area contributed by atoms with E-state index in [0.29, 0.717) is 17.4 Å². The van der Waals surface area contributed by atoms with E-state index in [1.807, 2.05) is 0 Å². The second-order valence-electron chi connectivity index (χ2n) is 6.90. The van der Waals surface area contributed by atoms with Crippen LogP contribution in [-0.4, -0.2) is 19.8 Å². The third-order valence-electron chi connectivity index (χ3n) is 4.38. The molecule has 2 rings (SSSR count). The Labute approximate surface area is 123 Å². The topological polar surface area (TPSA) is 21.3 Å². The maximum atomic E-state index is 5.49. The van der Waals surface area contributed by atoms with E-state index in [2.05, 4.69) is 56.4 Å². The fourth-order valence-electron chi connectivity index (χ4n) is 2.90. The van der Waals surface area contributed by atoms with Crippen LogP contribution in [0.25, 0.3) is 0 Å². The maximum absolute atomic E-state index is 5.49. The lowest BCUT2D eigenvalue weighted by Crippen LogP contribution is -2.38. The first-order valence-corrected chi connectivity index (χ1v) is 7.95. The van der Waals surface area contributed by atoms with Crippen LogP contribution in [0.4, 0.5) is 0 Å². The van der Waals surface area contributed by atoms with Crippen molar-refractivity contribution in [1.82, 2.24) is 5.32 Å². The van der Waals surface area contributed by atoms with Crippen LogP contribution in [0.1, 0.15) is 51.6 Å². The lowest BCUT2D eigenvalue weighted by Gasteiger charge is -2.35. The van der Waals surface area contributed by atoms with Gasteiger partial charge in [-0.3, -0.25) is 0 Å². The van der Waals surface area contributed by atoms with Crippen molar-refractivity contribution in [2.45, 2.75) is 46.1 Å². The molecule has 1 aliphatic heterocycles. The van der Waals surface area contributed by atoms with Crippen molar-refractivity contribution in [3.63, 3.8) is 0 Å². The van der Waals surface area contributed by atoms with Crippen LogP contribution >= 0.6 is 0 Å². The smallest absolute Gasteiger partial charge is 0.0471 e. The summed E-state index contributed by atoms with van der Waals surface area (Å²) in [6, 6.07) is 11.3. The van der Waals surface area contributed by atoms with Gasteiger partial charge >= 0.3 is 0 Å². The third kappa shape index (κ3) is 4.60. The Bertz CT molecular complexity index is 382. The summed E-state index contributed by atoms with van der Waals surface area (Å²) in [6.07, 6.45) is 3.53. The molecule has 0 aromatic heterocycles. The summed E-state index contributed by atoms with van der Waals surface area (Å²) in [4.78, 5) is 0. The van der Waals surface area contributed by atoms with E-state index >= 15 is 0 Å². The number of ether oxygens (including phenoxy) is 1. The average molecular weight is 275 g/mol. The fourth-order valence-corrected chi connectivity index (χ4v) is 2.90. The second kappa shape index (κ2) is 7.24. The summed E-state index contributed by atoms with van der Waals surface area (Å²) in [5.74, 6) is 0.704. The monoisotopic (exact) mass is 275 g/mol. The first-order chi connectivity index (χ1) is 9.59. The van der Waals surface area contributed by atoms with Gasteiger partial charge in [0.2, 0.25) is 0 Å². The molecule has 1 aromatic carbocycles. The van der Waals surface area contributed by atoms with Gasteiger partial charge in [-0.15, -0.1) is 0 Å². The molecule has 1 saturated heterocycles. The molecule has 0 saturated carbocycles. The van der Waals surface area contributed by atoms with Crippen molar-refractivity contribution in [2.24, 2.45) is 11.3 Å². The highest BCUT2D eigenvalue weighted by Gasteiger charge is 2.28. The van der Waals surface area contributed by atoms with Gasteiger partial charge in [0.1, 0.15) is 0 Å². The number of benzene rings is 1. The molecule has 1 N–H and O–H groups in total. The number of hydrogen-bond acceptors (Lipinski definition) is 2. The van der Waals surface area contributed by atoms with Crippen molar-refractivity contribution in [1.29, 1.82) is 0 Å². The average Bonchev–Trinajstić information content (AvgIpc) is 2.45. The van der Waals surface area contributed by atoms with Crippen LogP contribution in [0.15, 0.2) is 30.3 Å². The Kier molecular flexibility index (Phi) is 5.62. The largest absolute Gasteiger partial charge is 0.381 e. The molecule has 0 bridgehead atoms. The van der Waals surface area contributed by atoms with Gasteiger partial charge in [-0.2, -0.15) is 0 Å². The van der Waals surface area contributed by atoms with Crippen LogP contribution in [0, 0.1) is 11.3 Å². The van der Waals surface area contributed by atoms with E-state index in [1.165, 1.54) is 24.8 Å². The van der Waals surface area contributed by atoms with E-state index in [4.69, 9.17) is 4.74 Å². The molecule has 1 unspecified atom stereocenters. The van der Waals surface area contributed by atoms with E-state index in [-0.39, 0.29) is 0 Å². The highest BCUT2D eigenvalue weighted by molar-refractivity contribution is 5.19. The van der Waals surface area contributed by atoms with Crippen molar-refractivity contribution >= 4 is 0 Å². The van der Waals surface area contributed by atoms with Crippen molar-refractivity contribution in [3.8, 4) is 0 Å². The van der Waals surface area contributed by atoms with Crippen LogP contribution in [-0.2, 0) is 4.74 Å². The molecule has 1 fully saturated rings. The zero-order valence-electron chi connectivity index (χ0n) is 13.2. The molecule has 20 heavy (non-hydrogen) atoms. The molecule has 2 nitrogen and oxygen atoms in total. The molecule has 1 atom stereocenters. The summed E-state index contributed by atoms with van der Waals surface area (Å²) >= 11 is 0. The predicted molar refractivity (Wildman–Crippen MR) is 84.8 cm³/mol. The summed E-state index contributed by atoms with van der Waals surface area (Å²) in [5, 5.41) is 3.82. The SMILES string of the molecule is CC(C)CC(NCC1(C)CCOCC1)c1ccccc1. The lowest BCUT2D eigenvalue weighted by atomic mass is 9.82. The van der Waals surface area contributed by atoms with Gasteiger partial charge in [0.15, 0.2) is 0 Å². The minimum absolute atomic E-state index is 0.391. The van der Waals surface area contributed by atoms with Crippen molar-refractivity contribution in [3.05, 3.63) is 35.9 Å². The molecule has 1 heterocycles. The van der Waals surface area contributed by atoms with E-state index in [1.54, 1.807) is 0 Å². The highest BCUT2D eigenvalue weighted by atomic mass is 16.5. The molecular weight excluding hydrogens is 246 g/mol. The molecule has 112 valence electrons. The fraction of sp³-hybridized carbons (Fsp3) is 0.667. The molecule has 1 aliphatic rings. The normalized spacial score (nSPS) is 20.0. The van der Waals surface area contributed by atoms with Crippen LogP contribution < -0.4 is 5.32 Å². The van der Waals surface area contributed by atoms with Crippen LogP contribution in [0.5, 0.6) is 0 Å². The Hall–Kier alpha value is -0.860. The standard InChI is InChI=1S/C18H29NO/c1-15(2)13-17(16-7-5-4-6-8-16)19-14-18(3)9-11-20-12-10-18/h4-8,15,17,19H,9-14H2,1-3H3. The predicted octanol–water partition coefficient (Wildman–Crippen LogP) is 4.18. The van der Waals surface area contributed by atoms with Crippen molar-refractivity contribution in [2.75, 3.05) is 19.8 Å². The Morgan fingerprint density at radius 2 is 1.80 bits per heavy atom. The minimum Gasteiger partial charge on any atom is -0.381 e. The summed E-state index contributed by atoms with van der Waals surface area (Å²) < 4.78 is 5.49. The first kappa shape index (κ1) is 15.5. The molecule has 0 aliphatic carbocycles. The molecule has 1 aromatic rings. The summed E-state index contributed by atoms with van der Waals surface area (Å²) in [6.45, 7) is 9.90. The molecule has 2 heteroatoms. The molecular formula is C18H29NO.